The summed E-state index contributed by atoms with van der Waals surface area (Å²) in [5.41, 5.74) is 0.109. The molecule has 0 unspecified atom stereocenters. The van der Waals surface area contributed by atoms with Crippen molar-refractivity contribution in [2.45, 2.75) is 0 Å². The maximum atomic E-state index is 8.54. The van der Waals surface area contributed by atoms with Gasteiger partial charge in [0.2, 0.25) is 0 Å². The van der Waals surface area contributed by atoms with Crippen molar-refractivity contribution in [1.29, 1.82) is 10.5 Å². The second-order valence-electron chi connectivity index (χ2n) is 1.89. The van der Waals surface area contributed by atoms with Gasteiger partial charge in [0.25, 0.3) is 0 Å². The molecule has 4 heteroatoms. The molecule has 1 rings (SSSR count). The number of thiophene rings is 1. The van der Waals surface area contributed by atoms with Gasteiger partial charge in [0, 0.05) is 4.88 Å². The third-order valence-corrected chi connectivity index (χ3v) is 3.15. The Morgan fingerprint density at radius 2 is 2.08 bits per heavy atom. The van der Waals surface area contributed by atoms with Crippen molar-refractivity contribution in [2.24, 2.45) is 0 Å². The lowest BCUT2D eigenvalue weighted by Crippen LogP contribution is -1.75. The Bertz CT molecular complexity index is 362. The van der Waals surface area contributed by atoms with Gasteiger partial charge in [-0.3, -0.25) is 0 Å². The summed E-state index contributed by atoms with van der Waals surface area (Å²) in [6.45, 7) is 0. The van der Waals surface area contributed by atoms with E-state index in [0.29, 0.717) is 4.48 Å². The lowest BCUT2D eigenvalue weighted by molar-refractivity contribution is 1.47. The van der Waals surface area contributed by atoms with Crippen LogP contribution in [0.5, 0.6) is 0 Å². The number of nitrogens with zero attached hydrogens (tertiary/aromatic N) is 2. The molecular weight excluding hydrogens is 236 g/mol. The van der Waals surface area contributed by atoms with E-state index in [9.17, 15) is 0 Å². The van der Waals surface area contributed by atoms with Crippen LogP contribution in [-0.2, 0) is 0 Å². The lowest BCUT2D eigenvalue weighted by atomic mass is 10.3. The Hall–Kier alpha value is -1.10. The molecule has 0 aliphatic carbocycles. The molecule has 0 fully saturated rings. The minimum absolute atomic E-state index is 0.109. The van der Waals surface area contributed by atoms with Crippen molar-refractivity contribution >= 4 is 31.7 Å². The van der Waals surface area contributed by atoms with Crippen LogP contribution in [0.1, 0.15) is 4.88 Å². The van der Waals surface area contributed by atoms with Crippen molar-refractivity contribution in [3.05, 3.63) is 28.0 Å². The molecule has 0 N–H and O–H groups in total. The quantitative estimate of drug-likeness (QED) is 0.707. The van der Waals surface area contributed by atoms with E-state index in [0.717, 1.165) is 4.88 Å². The molecule has 0 amide bonds. The first-order valence-electron chi connectivity index (χ1n) is 3.03. The molecule has 0 bridgehead atoms. The van der Waals surface area contributed by atoms with Crippen LogP contribution in [0.15, 0.2) is 23.1 Å². The van der Waals surface area contributed by atoms with Gasteiger partial charge < -0.3 is 0 Å². The predicted octanol–water partition coefficient (Wildman–Crippen LogP) is 2.90. The maximum Gasteiger partial charge on any atom is 0.145 e. The molecule has 0 radical (unpaired) electrons. The van der Waals surface area contributed by atoms with Gasteiger partial charge in [-0.15, -0.1) is 11.3 Å². The molecule has 0 aliphatic heterocycles. The summed E-state index contributed by atoms with van der Waals surface area (Å²) < 4.78 is 0.572. The Morgan fingerprint density at radius 1 is 1.42 bits per heavy atom. The van der Waals surface area contributed by atoms with Crippen molar-refractivity contribution in [2.75, 3.05) is 0 Å². The van der Waals surface area contributed by atoms with Crippen LogP contribution in [-0.4, -0.2) is 0 Å². The van der Waals surface area contributed by atoms with Crippen LogP contribution in [0.3, 0.4) is 0 Å². The molecule has 2 nitrogen and oxygen atoms in total. The molecule has 0 aromatic carbocycles. The summed E-state index contributed by atoms with van der Waals surface area (Å²) in [5, 5.41) is 19.0. The SMILES string of the molecule is N#CC(C#N)=C(Br)c1cccs1. The summed E-state index contributed by atoms with van der Waals surface area (Å²) in [7, 11) is 0. The average molecular weight is 239 g/mol. The van der Waals surface area contributed by atoms with Crippen molar-refractivity contribution in [3.63, 3.8) is 0 Å². The van der Waals surface area contributed by atoms with E-state index in [1.165, 1.54) is 11.3 Å². The van der Waals surface area contributed by atoms with Gasteiger partial charge in [0.05, 0.1) is 4.48 Å². The number of halogens is 1. The maximum absolute atomic E-state index is 8.54. The van der Waals surface area contributed by atoms with Gasteiger partial charge in [0.1, 0.15) is 17.7 Å². The van der Waals surface area contributed by atoms with Crippen LogP contribution >= 0.6 is 27.3 Å². The lowest BCUT2D eigenvalue weighted by Gasteiger charge is -1.91. The number of allylic oxidation sites excluding steroid dienone is 1. The topological polar surface area (TPSA) is 47.6 Å². The number of rotatable bonds is 1. The second kappa shape index (κ2) is 4.06. The fraction of sp³-hybridized carbons (Fsp3) is 0. The first-order chi connectivity index (χ1) is 5.79. The van der Waals surface area contributed by atoms with Gasteiger partial charge in [-0.05, 0) is 27.4 Å². The Labute approximate surface area is 82.5 Å². The van der Waals surface area contributed by atoms with E-state index in [-0.39, 0.29) is 5.57 Å². The zero-order valence-corrected chi connectivity index (χ0v) is 8.32. The van der Waals surface area contributed by atoms with Crippen LogP contribution in [0.4, 0.5) is 0 Å². The van der Waals surface area contributed by atoms with Gasteiger partial charge >= 0.3 is 0 Å². The monoisotopic (exact) mass is 238 g/mol. The minimum atomic E-state index is 0.109. The molecule has 0 aliphatic rings. The smallest absolute Gasteiger partial charge is 0.145 e. The van der Waals surface area contributed by atoms with Crippen molar-refractivity contribution < 1.29 is 0 Å². The normalized spacial score (nSPS) is 8.25. The predicted molar refractivity (Wildman–Crippen MR) is 51.4 cm³/mol. The zero-order valence-electron chi connectivity index (χ0n) is 5.91. The first kappa shape index (κ1) is 8.99. The molecule has 1 aromatic heterocycles. The van der Waals surface area contributed by atoms with E-state index >= 15 is 0 Å². The van der Waals surface area contributed by atoms with Crippen LogP contribution in [0.2, 0.25) is 0 Å². The first-order valence-corrected chi connectivity index (χ1v) is 4.70. The molecule has 0 spiro atoms. The molecule has 12 heavy (non-hydrogen) atoms. The standard InChI is InChI=1S/C8H3BrN2S/c9-8(6(4-10)5-11)7-2-1-3-12-7/h1-3H. The molecular formula is C8H3BrN2S. The zero-order chi connectivity index (χ0) is 8.97. The third kappa shape index (κ3) is 1.73. The fourth-order valence-electron chi connectivity index (χ4n) is 0.650. The molecule has 58 valence electrons. The number of hydrogen-bond acceptors (Lipinski definition) is 3. The van der Waals surface area contributed by atoms with E-state index in [4.69, 9.17) is 10.5 Å². The summed E-state index contributed by atoms with van der Waals surface area (Å²) >= 11 is 4.68. The highest BCUT2D eigenvalue weighted by molar-refractivity contribution is 9.15. The average Bonchev–Trinajstić information content (AvgIpc) is 2.58. The molecule has 0 atom stereocenters. The largest absolute Gasteiger partial charge is 0.192 e. The highest BCUT2D eigenvalue weighted by Crippen LogP contribution is 2.28. The summed E-state index contributed by atoms with van der Waals surface area (Å²) in [6.07, 6.45) is 0. The number of hydrogen-bond donors (Lipinski definition) is 0. The van der Waals surface area contributed by atoms with Gasteiger partial charge in [-0.2, -0.15) is 10.5 Å². The molecule has 1 aromatic rings. The van der Waals surface area contributed by atoms with E-state index in [2.05, 4.69) is 15.9 Å². The van der Waals surface area contributed by atoms with Crippen molar-refractivity contribution in [1.82, 2.24) is 0 Å². The summed E-state index contributed by atoms with van der Waals surface area (Å²) in [6, 6.07) is 7.36. The van der Waals surface area contributed by atoms with Crippen LogP contribution in [0.25, 0.3) is 4.48 Å². The van der Waals surface area contributed by atoms with E-state index in [1.54, 1.807) is 0 Å². The van der Waals surface area contributed by atoms with Crippen LogP contribution < -0.4 is 0 Å². The molecule has 0 saturated heterocycles. The Kier molecular flexibility index (Phi) is 3.04. The van der Waals surface area contributed by atoms with Gasteiger partial charge in [0.15, 0.2) is 0 Å². The molecule has 0 saturated carbocycles. The van der Waals surface area contributed by atoms with Crippen LogP contribution in [0, 0.1) is 22.7 Å². The van der Waals surface area contributed by atoms with E-state index in [1.807, 2.05) is 29.7 Å². The second-order valence-corrected chi connectivity index (χ2v) is 3.63. The Morgan fingerprint density at radius 3 is 2.50 bits per heavy atom. The van der Waals surface area contributed by atoms with Gasteiger partial charge in [-0.25, -0.2) is 0 Å². The van der Waals surface area contributed by atoms with Crippen molar-refractivity contribution in [3.8, 4) is 12.1 Å². The summed E-state index contributed by atoms with van der Waals surface area (Å²) in [5.74, 6) is 0. The highest BCUT2D eigenvalue weighted by atomic mass is 79.9. The minimum Gasteiger partial charge on any atom is -0.192 e. The van der Waals surface area contributed by atoms with Gasteiger partial charge in [-0.1, -0.05) is 6.07 Å². The highest BCUT2D eigenvalue weighted by Gasteiger charge is 2.05. The third-order valence-electron chi connectivity index (χ3n) is 1.18. The fourth-order valence-corrected chi connectivity index (χ4v) is 1.91. The summed E-state index contributed by atoms with van der Waals surface area (Å²) in [4.78, 5) is 0.896. The Balaban J connectivity index is 3.16. The number of nitriles is 2. The van der Waals surface area contributed by atoms with E-state index < -0.39 is 0 Å². The molecule has 1 heterocycles.